The van der Waals surface area contributed by atoms with E-state index in [1.165, 1.54) is 41.3 Å². The lowest BCUT2D eigenvalue weighted by Crippen LogP contribution is -2.45. The molecule has 0 fully saturated rings. The minimum absolute atomic E-state index is 0.140. The molecule has 7 heteroatoms. The Labute approximate surface area is 191 Å². The lowest BCUT2D eigenvalue weighted by molar-refractivity contribution is -0.133. The highest BCUT2D eigenvalue weighted by atomic mass is 32.1. The van der Waals surface area contributed by atoms with Gasteiger partial charge in [-0.05, 0) is 73.7 Å². The van der Waals surface area contributed by atoms with Crippen molar-refractivity contribution >= 4 is 23.2 Å². The van der Waals surface area contributed by atoms with Gasteiger partial charge in [-0.3, -0.25) is 9.59 Å². The van der Waals surface area contributed by atoms with Crippen LogP contribution >= 0.6 is 11.3 Å². The average molecular weight is 457 g/mol. The number of benzene rings is 2. The molecule has 32 heavy (non-hydrogen) atoms. The molecule has 0 unspecified atom stereocenters. The van der Waals surface area contributed by atoms with E-state index in [1.54, 1.807) is 28.4 Å². The Balaban J connectivity index is 1.83. The predicted molar refractivity (Wildman–Crippen MR) is 122 cm³/mol. The van der Waals surface area contributed by atoms with Crippen molar-refractivity contribution in [3.63, 3.8) is 0 Å². The molecule has 1 aromatic heterocycles. The fourth-order valence-corrected chi connectivity index (χ4v) is 4.22. The van der Waals surface area contributed by atoms with Crippen molar-refractivity contribution in [2.24, 2.45) is 0 Å². The van der Waals surface area contributed by atoms with Crippen molar-refractivity contribution in [1.29, 1.82) is 0 Å². The van der Waals surface area contributed by atoms with Crippen LogP contribution in [0.1, 0.15) is 40.2 Å². The molecule has 0 radical (unpaired) electrons. The summed E-state index contributed by atoms with van der Waals surface area (Å²) in [4.78, 5) is 30.5. The van der Waals surface area contributed by atoms with E-state index in [1.807, 2.05) is 32.2 Å². The first-order chi connectivity index (χ1) is 15.2. The Morgan fingerprint density at radius 3 is 2.28 bits per heavy atom. The minimum atomic E-state index is -0.503. The van der Waals surface area contributed by atoms with E-state index in [4.69, 9.17) is 0 Å². The number of amides is 2. The third-order valence-corrected chi connectivity index (χ3v) is 6.21. The van der Waals surface area contributed by atoms with Gasteiger partial charge in [-0.1, -0.05) is 18.2 Å². The Kier molecular flexibility index (Phi) is 7.75. The quantitative estimate of drug-likeness (QED) is 0.455. The van der Waals surface area contributed by atoms with Crippen LogP contribution in [0.5, 0.6) is 0 Å². The van der Waals surface area contributed by atoms with Crippen LogP contribution in [0.2, 0.25) is 0 Å². The number of nitrogens with zero attached hydrogens (tertiary/aromatic N) is 2. The van der Waals surface area contributed by atoms with Crippen LogP contribution in [0.25, 0.3) is 0 Å². The van der Waals surface area contributed by atoms with Gasteiger partial charge in [0.1, 0.15) is 18.2 Å². The third-order valence-electron chi connectivity index (χ3n) is 5.20. The third kappa shape index (κ3) is 6.01. The van der Waals surface area contributed by atoms with Gasteiger partial charge in [-0.25, -0.2) is 8.78 Å². The zero-order valence-corrected chi connectivity index (χ0v) is 19.2. The zero-order valence-electron chi connectivity index (χ0n) is 18.3. The standard InChI is InChI=1S/C25H26F2N2O2S/c1-17(2)29(25(31)20-5-4-6-22(27)13-20)16-24(30)28(15-23-18(3)11-12-32-23)14-19-7-9-21(26)10-8-19/h4-13,17H,14-16H2,1-3H3. The molecule has 0 N–H and O–H groups in total. The van der Waals surface area contributed by atoms with Crippen molar-refractivity contribution in [3.05, 3.63) is 93.2 Å². The van der Waals surface area contributed by atoms with Crippen LogP contribution in [0.4, 0.5) is 8.78 Å². The summed E-state index contributed by atoms with van der Waals surface area (Å²) in [6, 6.07) is 13.2. The molecule has 0 bridgehead atoms. The average Bonchev–Trinajstić information content (AvgIpc) is 3.16. The largest absolute Gasteiger partial charge is 0.332 e. The van der Waals surface area contributed by atoms with E-state index in [2.05, 4.69) is 0 Å². The maximum Gasteiger partial charge on any atom is 0.254 e. The van der Waals surface area contributed by atoms with E-state index >= 15 is 0 Å². The van der Waals surface area contributed by atoms with E-state index in [0.717, 1.165) is 16.0 Å². The van der Waals surface area contributed by atoms with Gasteiger partial charge in [0.05, 0.1) is 6.54 Å². The van der Waals surface area contributed by atoms with Gasteiger partial charge in [-0.2, -0.15) is 0 Å². The van der Waals surface area contributed by atoms with Crippen LogP contribution in [0, 0.1) is 18.6 Å². The monoisotopic (exact) mass is 456 g/mol. The van der Waals surface area contributed by atoms with Crippen LogP contribution in [-0.4, -0.2) is 34.2 Å². The first kappa shape index (κ1) is 23.6. The van der Waals surface area contributed by atoms with Crippen LogP contribution in [-0.2, 0) is 17.9 Å². The summed E-state index contributed by atoms with van der Waals surface area (Å²) in [6.45, 7) is 6.16. The number of halogens is 2. The van der Waals surface area contributed by atoms with Crippen molar-refractivity contribution in [3.8, 4) is 0 Å². The Morgan fingerprint density at radius 2 is 1.69 bits per heavy atom. The fraction of sp³-hybridized carbons (Fsp3) is 0.280. The molecule has 0 spiro atoms. The molecular formula is C25H26F2N2O2S. The molecule has 0 atom stereocenters. The van der Waals surface area contributed by atoms with E-state index in [0.29, 0.717) is 6.54 Å². The van der Waals surface area contributed by atoms with Gasteiger partial charge in [0.15, 0.2) is 0 Å². The number of rotatable bonds is 8. The summed E-state index contributed by atoms with van der Waals surface area (Å²) < 4.78 is 27.0. The van der Waals surface area contributed by atoms with E-state index in [9.17, 15) is 18.4 Å². The zero-order chi connectivity index (χ0) is 23.3. The SMILES string of the molecule is Cc1ccsc1CN(Cc1ccc(F)cc1)C(=O)CN(C(=O)c1cccc(F)c1)C(C)C. The second kappa shape index (κ2) is 10.5. The number of hydrogen-bond acceptors (Lipinski definition) is 3. The second-order valence-corrected chi connectivity index (χ2v) is 8.94. The fourth-order valence-electron chi connectivity index (χ4n) is 3.30. The molecule has 2 aromatic carbocycles. The van der Waals surface area contributed by atoms with Crippen molar-refractivity contribution in [2.75, 3.05) is 6.54 Å². The van der Waals surface area contributed by atoms with Gasteiger partial charge >= 0.3 is 0 Å². The van der Waals surface area contributed by atoms with Crippen LogP contribution in [0.15, 0.2) is 60.0 Å². The lowest BCUT2D eigenvalue weighted by atomic mass is 10.1. The molecule has 0 aliphatic heterocycles. The highest BCUT2D eigenvalue weighted by Gasteiger charge is 2.25. The highest BCUT2D eigenvalue weighted by Crippen LogP contribution is 2.20. The molecule has 168 valence electrons. The van der Waals surface area contributed by atoms with Crippen LogP contribution < -0.4 is 0 Å². The maximum atomic E-state index is 13.6. The molecule has 0 saturated heterocycles. The molecule has 3 aromatic rings. The Bertz CT molecular complexity index is 1080. The maximum absolute atomic E-state index is 13.6. The topological polar surface area (TPSA) is 40.6 Å². The number of carbonyl (C=O) groups excluding carboxylic acids is 2. The predicted octanol–water partition coefficient (Wildman–Crippen LogP) is 5.41. The first-order valence-electron chi connectivity index (χ1n) is 10.4. The molecular weight excluding hydrogens is 430 g/mol. The summed E-state index contributed by atoms with van der Waals surface area (Å²) in [7, 11) is 0. The van der Waals surface area contributed by atoms with Gasteiger partial charge < -0.3 is 9.80 Å². The number of thiophene rings is 1. The molecule has 3 rings (SSSR count). The summed E-state index contributed by atoms with van der Waals surface area (Å²) >= 11 is 1.56. The molecule has 0 aliphatic carbocycles. The van der Waals surface area contributed by atoms with Gasteiger partial charge in [-0.15, -0.1) is 11.3 Å². The first-order valence-corrected chi connectivity index (χ1v) is 11.2. The minimum Gasteiger partial charge on any atom is -0.332 e. The Hall–Kier alpha value is -3.06. The smallest absolute Gasteiger partial charge is 0.254 e. The molecule has 0 saturated carbocycles. The second-order valence-electron chi connectivity index (χ2n) is 7.94. The van der Waals surface area contributed by atoms with Crippen molar-refractivity contribution in [2.45, 2.75) is 39.9 Å². The summed E-state index contributed by atoms with van der Waals surface area (Å²) in [6.07, 6.45) is 0. The Morgan fingerprint density at radius 1 is 0.969 bits per heavy atom. The lowest BCUT2D eigenvalue weighted by Gasteiger charge is -2.30. The number of aryl methyl sites for hydroxylation is 1. The molecule has 2 amide bonds. The highest BCUT2D eigenvalue weighted by molar-refractivity contribution is 7.10. The van der Waals surface area contributed by atoms with Gasteiger partial charge in [0.2, 0.25) is 5.91 Å². The normalized spacial score (nSPS) is 10.9. The number of carbonyl (C=O) groups is 2. The van der Waals surface area contributed by atoms with Crippen molar-refractivity contribution in [1.82, 2.24) is 9.80 Å². The van der Waals surface area contributed by atoms with E-state index in [-0.39, 0.29) is 36.4 Å². The summed E-state index contributed by atoms with van der Waals surface area (Å²) in [5.74, 6) is -1.48. The molecule has 1 heterocycles. The molecule has 4 nitrogen and oxygen atoms in total. The summed E-state index contributed by atoms with van der Waals surface area (Å²) in [5, 5.41) is 1.97. The van der Waals surface area contributed by atoms with E-state index < -0.39 is 11.7 Å². The number of hydrogen-bond donors (Lipinski definition) is 0. The van der Waals surface area contributed by atoms with Crippen LogP contribution in [0.3, 0.4) is 0 Å². The van der Waals surface area contributed by atoms with Gasteiger partial charge in [0, 0.05) is 23.0 Å². The van der Waals surface area contributed by atoms with Crippen molar-refractivity contribution < 1.29 is 18.4 Å². The van der Waals surface area contributed by atoms with Gasteiger partial charge in [0.25, 0.3) is 5.91 Å². The summed E-state index contributed by atoms with van der Waals surface area (Å²) in [5.41, 5.74) is 2.08. The molecule has 0 aliphatic rings.